The number of halogens is 3. The van der Waals surface area contributed by atoms with Gasteiger partial charge in [0.1, 0.15) is 23.0 Å². The fraction of sp³-hybridized carbons (Fsp3) is 0.208. The van der Waals surface area contributed by atoms with E-state index in [2.05, 4.69) is 25.2 Å². The molecule has 10 heteroatoms. The molecule has 0 bridgehead atoms. The monoisotopic (exact) mass is 467 g/mol. The van der Waals surface area contributed by atoms with E-state index in [-0.39, 0.29) is 17.0 Å². The van der Waals surface area contributed by atoms with Gasteiger partial charge in [-0.15, -0.1) is 0 Å². The number of aromatic amines is 1. The molecule has 2 aromatic heterocycles. The van der Waals surface area contributed by atoms with E-state index in [1.807, 2.05) is 6.07 Å². The number of H-pyrrole nitrogens is 1. The molecule has 0 unspecified atom stereocenters. The summed E-state index contributed by atoms with van der Waals surface area (Å²) in [5, 5.41) is 2.75. The van der Waals surface area contributed by atoms with Gasteiger partial charge in [-0.1, -0.05) is 6.07 Å². The molecule has 2 aromatic carbocycles. The number of anilines is 2. The van der Waals surface area contributed by atoms with Gasteiger partial charge in [0.05, 0.1) is 24.3 Å². The number of morpholine rings is 1. The van der Waals surface area contributed by atoms with Gasteiger partial charge < -0.3 is 19.9 Å². The van der Waals surface area contributed by atoms with Gasteiger partial charge >= 0.3 is 0 Å². The Kier molecular flexibility index (Phi) is 5.89. The highest BCUT2D eigenvalue weighted by Gasteiger charge is 2.22. The Hall–Kier alpha value is -3.92. The lowest BCUT2D eigenvalue weighted by atomic mass is 10.1. The maximum atomic E-state index is 13.6. The summed E-state index contributed by atoms with van der Waals surface area (Å²) in [6, 6.07) is 11.8. The Morgan fingerprint density at radius 3 is 2.68 bits per heavy atom. The fourth-order valence-corrected chi connectivity index (χ4v) is 3.96. The molecule has 1 aliphatic heterocycles. The molecular formula is C24H20F3N5O2. The zero-order valence-corrected chi connectivity index (χ0v) is 17.9. The number of ether oxygens (including phenoxy) is 1. The summed E-state index contributed by atoms with van der Waals surface area (Å²) in [6.45, 7) is 2.38. The first-order valence-corrected chi connectivity index (χ1v) is 10.7. The molecule has 0 atom stereocenters. The van der Waals surface area contributed by atoms with Crippen molar-refractivity contribution in [3.8, 4) is 11.4 Å². The minimum atomic E-state index is -2.89. The van der Waals surface area contributed by atoms with Crippen molar-refractivity contribution < 1.29 is 22.7 Å². The van der Waals surface area contributed by atoms with E-state index in [0.29, 0.717) is 43.2 Å². The van der Waals surface area contributed by atoms with Crippen LogP contribution in [0.2, 0.25) is 0 Å². The number of benzene rings is 2. The zero-order valence-electron chi connectivity index (χ0n) is 17.9. The van der Waals surface area contributed by atoms with Gasteiger partial charge in [-0.2, -0.15) is 0 Å². The van der Waals surface area contributed by atoms with Crippen LogP contribution in [0.15, 0.2) is 54.7 Å². The molecule has 0 spiro atoms. The predicted octanol–water partition coefficient (Wildman–Crippen LogP) is 4.79. The normalized spacial score (nSPS) is 14.1. The summed E-state index contributed by atoms with van der Waals surface area (Å²) >= 11 is 0. The number of hydrogen-bond donors (Lipinski definition) is 2. The van der Waals surface area contributed by atoms with Crippen molar-refractivity contribution in [2.24, 2.45) is 0 Å². The summed E-state index contributed by atoms with van der Waals surface area (Å²) in [5.41, 5.74) is 1.42. The Bertz CT molecular complexity index is 1340. The molecule has 4 aromatic rings. The predicted molar refractivity (Wildman–Crippen MR) is 122 cm³/mol. The van der Waals surface area contributed by atoms with E-state index >= 15 is 0 Å². The molecule has 3 heterocycles. The van der Waals surface area contributed by atoms with Gasteiger partial charge in [0, 0.05) is 36.1 Å². The number of imidazole rings is 1. The third-order valence-electron chi connectivity index (χ3n) is 5.60. The van der Waals surface area contributed by atoms with Crippen LogP contribution in [0.25, 0.3) is 22.4 Å². The number of carbonyl (C=O) groups is 1. The number of alkyl halides is 2. The lowest BCUT2D eigenvalue weighted by Gasteiger charge is -2.29. The average Bonchev–Trinajstić information content (AvgIpc) is 3.28. The molecule has 0 radical (unpaired) electrons. The summed E-state index contributed by atoms with van der Waals surface area (Å²) in [4.78, 5) is 26.9. The standard InChI is InChI=1S/C24H20F3N5O2/c25-14-4-5-16(17(11-14)22(26)27)23-29-19-13-15(32-7-9-34-10-8-32)12-18(21(19)31-23)24(33)30-20-3-1-2-6-28-20/h1-6,11-13,22H,7-10H2,(H,29,31)(H,28,30,33). The molecule has 1 aliphatic rings. The van der Waals surface area contributed by atoms with E-state index in [4.69, 9.17) is 4.74 Å². The number of nitrogens with zero attached hydrogens (tertiary/aromatic N) is 3. The number of hydrogen-bond acceptors (Lipinski definition) is 5. The maximum absolute atomic E-state index is 13.6. The highest BCUT2D eigenvalue weighted by molar-refractivity contribution is 6.12. The summed E-state index contributed by atoms with van der Waals surface area (Å²) in [7, 11) is 0. The highest BCUT2D eigenvalue weighted by Crippen LogP contribution is 2.33. The molecule has 174 valence electrons. The number of pyridine rings is 1. The third-order valence-corrected chi connectivity index (χ3v) is 5.60. The summed E-state index contributed by atoms with van der Waals surface area (Å²) in [6.07, 6.45) is -1.34. The van der Waals surface area contributed by atoms with Gasteiger partial charge in [-0.3, -0.25) is 4.79 Å². The molecule has 1 amide bonds. The first kappa shape index (κ1) is 21.9. The number of rotatable bonds is 5. The largest absolute Gasteiger partial charge is 0.378 e. The van der Waals surface area contributed by atoms with Crippen LogP contribution in [0.3, 0.4) is 0 Å². The van der Waals surface area contributed by atoms with Crippen molar-refractivity contribution in [2.45, 2.75) is 6.43 Å². The molecule has 1 fully saturated rings. The summed E-state index contributed by atoms with van der Waals surface area (Å²) in [5.74, 6) is -0.715. The Morgan fingerprint density at radius 2 is 1.94 bits per heavy atom. The van der Waals surface area contributed by atoms with Crippen LogP contribution in [-0.4, -0.2) is 47.2 Å². The average molecular weight is 467 g/mol. The minimum Gasteiger partial charge on any atom is -0.378 e. The zero-order chi connectivity index (χ0) is 23.7. The van der Waals surface area contributed by atoms with Crippen LogP contribution in [0.1, 0.15) is 22.3 Å². The van der Waals surface area contributed by atoms with Gasteiger partial charge in [0.15, 0.2) is 0 Å². The molecule has 1 saturated heterocycles. The van der Waals surface area contributed by atoms with Crippen LogP contribution >= 0.6 is 0 Å². The topological polar surface area (TPSA) is 83.1 Å². The lowest BCUT2D eigenvalue weighted by molar-refractivity contribution is 0.102. The van der Waals surface area contributed by atoms with Crippen LogP contribution in [0.5, 0.6) is 0 Å². The van der Waals surface area contributed by atoms with E-state index in [0.717, 1.165) is 17.8 Å². The maximum Gasteiger partial charge on any atom is 0.264 e. The van der Waals surface area contributed by atoms with Crippen molar-refractivity contribution in [3.63, 3.8) is 0 Å². The van der Waals surface area contributed by atoms with Gasteiger partial charge in [0.25, 0.3) is 12.3 Å². The smallest absolute Gasteiger partial charge is 0.264 e. The first-order chi connectivity index (χ1) is 16.5. The lowest BCUT2D eigenvalue weighted by Crippen LogP contribution is -2.36. The number of aromatic nitrogens is 3. The molecule has 0 saturated carbocycles. The number of nitrogens with one attached hydrogen (secondary N) is 2. The molecule has 5 rings (SSSR count). The Morgan fingerprint density at radius 1 is 1.12 bits per heavy atom. The van der Waals surface area contributed by atoms with Crippen molar-refractivity contribution >= 4 is 28.4 Å². The molecule has 0 aliphatic carbocycles. The van der Waals surface area contributed by atoms with Crippen molar-refractivity contribution in [3.05, 3.63) is 71.7 Å². The van der Waals surface area contributed by atoms with Crippen LogP contribution in [0.4, 0.5) is 24.7 Å². The molecule has 7 nitrogen and oxygen atoms in total. The van der Waals surface area contributed by atoms with Gasteiger partial charge in [-0.05, 0) is 42.5 Å². The van der Waals surface area contributed by atoms with Gasteiger partial charge in [-0.25, -0.2) is 23.1 Å². The van der Waals surface area contributed by atoms with Crippen molar-refractivity contribution in [1.82, 2.24) is 15.0 Å². The Balaban J connectivity index is 1.63. The van der Waals surface area contributed by atoms with E-state index in [1.165, 1.54) is 6.07 Å². The van der Waals surface area contributed by atoms with Crippen LogP contribution < -0.4 is 10.2 Å². The Labute approximate surface area is 192 Å². The first-order valence-electron chi connectivity index (χ1n) is 10.7. The second-order valence-corrected chi connectivity index (χ2v) is 7.78. The molecule has 34 heavy (non-hydrogen) atoms. The second kappa shape index (κ2) is 9.14. The van der Waals surface area contributed by atoms with Crippen molar-refractivity contribution in [2.75, 3.05) is 36.5 Å². The molecular weight excluding hydrogens is 447 g/mol. The highest BCUT2D eigenvalue weighted by atomic mass is 19.3. The number of carbonyl (C=O) groups excluding carboxylic acids is 1. The van der Waals surface area contributed by atoms with Gasteiger partial charge in [0.2, 0.25) is 0 Å². The summed E-state index contributed by atoms with van der Waals surface area (Å²) < 4.78 is 46.3. The van der Waals surface area contributed by atoms with Crippen LogP contribution in [0, 0.1) is 5.82 Å². The second-order valence-electron chi connectivity index (χ2n) is 7.78. The van der Waals surface area contributed by atoms with Crippen LogP contribution in [-0.2, 0) is 4.74 Å². The fourth-order valence-electron chi connectivity index (χ4n) is 3.96. The molecule has 2 N–H and O–H groups in total. The van der Waals surface area contributed by atoms with E-state index in [1.54, 1.807) is 30.5 Å². The number of fused-ring (bicyclic) bond motifs is 1. The SMILES string of the molecule is O=C(Nc1ccccn1)c1cc(N2CCOCC2)cc2[nH]c(-c3ccc(F)cc3C(F)F)nc12. The third kappa shape index (κ3) is 4.32. The van der Waals surface area contributed by atoms with Crippen molar-refractivity contribution in [1.29, 1.82) is 0 Å². The minimum absolute atomic E-state index is 0.0663. The quantitative estimate of drug-likeness (QED) is 0.441. The van der Waals surface area contributed by atoms with E-state index < -0.39 is 23.7 Å². The van der Waals surface area contributed by atoms with E-state index in [9.17, 15) is 18.0 Å². The number of amides is 1.